The second-order valence-corrected chi connectivity index (χ2v) is 7.91. The van der Waals surface area contributed by atoms with Gasteiger partial charge < -0.3 is 8.97 Å². The maximum absolute atomic E-state index is 2.47. The molecule has 0 saturated carbocycles. The molecule has 21 heavy (non-hydrogen) atoms. The first kappa shape index (κ1) is 19.0. The minimum atomic E-state index is 0.919. The van der Waals surface area contributed by atoms with E-state index in [1.807, 2.05) is 0 Å². The van der Waals surface area contributed by atoms with E-state index >= 15 is 0 Å². The van der Waals surface area contributed by atoms with Gasteiger partial charge in [-0.15, -0.1) is 13.5 Å². The Labute approximate surface area is 134 Å². The number of quaternary nitrogens is 2. The quantitative estimate of drug-likeness (QED) is 0.320. The van der Waals surface area contributed by atoms with Gasteiger partial charge in [0.1, 0.15) is 0 Å². The minimum Gasteiger partial charge on any atom is -0.455 e. The van der Waals surface area contributed by atoms with Crippen LogP contribution in [0.4, 0.5) is 0 Å². The zero-order valence-corrected chi connectivity index (χ0v) is 15.7. The summed E-state index contributed by atoms with van der Waals surface area (Å²) in [4.78, 5) is 0. The lowest BCUT2D eigenvalue weighted by atomic mass is 10.0. The minimum absolute atomic E-state index is 0.919. The highest BCUT2D eigenvalue weighted by Crippen LogP contribution is 2.28. The fourth-order valence-corrected chi connectivity index (χ4v) is 4.32. The van der Waals surface area contributed by atoms with Crippen LogP contribution >= 0.6 is 0 Å². The van der Waals surface area contributed by atoms with E-state index in [9.17, 15) is 0 Å². The summed E-state index contributed by atoms with van der Waals surface area (Å²) in [5.41, 5.74) is 0. The van der Waals surface area contributed by atoms with Crippen LogP contribution in [-0.4, -0.2) is 55.3 Å². The van der Waals surface area contributed by atoms with Gasteiger partial charge in [-0.2, -0.15) is 0 Å². The molecule has 0 N–H and O–H groups in total. The highest BCUT2D eigenvalue weighted by atomic mass is 15.3. The Kier molecular flexibility index (Phi) is 7.70. The van der Waals surface area contributed by atoms with Crippen molar-refractivity contribution in [2.75, 3.05) is 46.3 Å². The van der Waals surface area contributed by atoms with Crippen LogP contribution in [0, 0.1) is 18.4 Å². The third-order valence-electron chi connectivity index (χ3n) is 6.29. The Balaban J connectivity index is 2.15. The second kappa shape index (κ2) is 8.53. The molecular formula is C19H41N2+. The lowest BCUT2D eigenvalue weighted by Crippen LogP contribution is -2.45. The zero-order chi connectivity index (χ0) is 15.9. The van der Waals surface area contributed by atoms with Crippen LogP contribution in [0.1, 0.15) is 60.3 Å². The maximum Gasteiger partial charge on any atom is 0.0815 e. The molecule has 0 aromatic rings. The molecule has 2 unspecified atom stereocenters. The lowest BCUT2D eigenvalue weighted by Gasteiger charge is -2.45. The molecule has 0 aliphatic carbocycles. The molecule has 0 bridgehead atoms. The molecule has 0 amide bonds. The highest BCUT2D eigenvalue weighted by Gasteiger charge is 2.36. The number of hydrogen-bond donors (Lipinski definition) is 0. The molecule has 1 saturated heterocycles. The predicted molar refractivity (Wildman–Crippen MR) is 93.8 cm³/mol. The van der Waals surface area contributed by atoms with E-state index in [0.717, 1.165) is 11.8 Å². The molecule has 1 rings (SSSR count). The molecule has 0 radical (unpaired) electrons. The standard InChI is InChI=1S/C19H41N2/c1-7-21(8-2,9-3)15-13-11-10-12-14-20(6)16-18(4)19(5)17-20/h7,18-19H,8-17H2,1-6H3/q+1. The van der Waals surface area contributed by atoms with Crippen molar-refractivity contribution >= 4 is 0 Å². The average molecular weight is 298 g/mol. The van der Waals surface area contributed by atoms with Crippen molar-refractivity contribution in [1.82, 2.24) is 0 Å². The van der Waals surface area contributed by atoms with E-state index in [2.05, 4.69) is 48.2 Å². The normalized spacial score (nSPS) is 30.0. The highest BCUT2D eigenvalue weighted by molar-refractivity contribution is 4.68. The third-order valence-corrected chi connectivity index (χ3v) is 6.29. The fourth-order valence-electron chi connectivity index (χ4n) is 4.32. The summed E-state index contributed by atoms with van der Waals surface area (Å²) in [7, 11) is 2.47. The van der Waals surface area contributed by atoms with Gasteiger partial charge in [-0.3, -0.25) is 0 Å². The predicted octanol–water partition coefficient (Wildman–Crippen LogP) is 4.32. The second-order valence-electron chi connectivity index (χ2n) is 7.91. The van der Waals surface area contributed by atoms with Gasteiger partial charge in [0.05, 0.1) is 46.3 Å². The van der Waals surface area contributed by atoms with Crippen LogP contribution in [0.2, 0.25) is 0 Å². The van der Waals surface area contributed by atoms with Crippen LogP contribution in [-0.2, 0) is 0 Å². The summed E-state index contributed by atoms with van der Waals surface area (Å²) >= 11 is 0. The van der Waals surface area contributed by atoms with Crippen LogP contribution in [0.3, 0.4) is 0 Å². The first-order valence-corrected chi connectivity index (χ1v) is 9.40. The SMILES string of the molecule is C[CH-][N+](CC)(CC)CCCCCC[N+]1(C)CC(C)C(C)C1. The van der Waals surface area contributed by atoms with Gasteiger partial charge in [0.2, 0.25) is 0 Å². The molecule has 1 fully saturated rings. The van der Waals surface area contributed by atoms with Crippen molar-refractivity contribution in [3.63, 3.8) is 0 Å². The van der Waals surface area contributed by atoms with E-state index in [-0.39, 0.29) is 0 Å². The molecule has 2 atom stereocenters. The summed E-state index contributed by atoms with van der Waals surface area (Å²) < 4.78 is 2.53. The van der Waals surface area contributed by atoms with E-state index in [4.69, 9.17) is 0 Å². The Bertz CT molecular complexity index is 265. The van der Waals surface area contributed by atoms with Crippen molar-refractivity contribution < 1.29 is 8.97 Å². The number of nitrogens with zero attached hydrogens (tertiary/aromatic N) is 2. The fraction of sp³-hybridized carbons (Fsp3) is 0.947. The van der Waals surface area contributed by atoms with E-state index in [1.165, 1.54) is 73.9 Å². The molecule has 0 aromatic carbocycles. The first-order chi connectivity index (χ1) is 9.90. The monoisotopic (exact) mass is 297 g/mol. The summed E-state index contributed by atoms with van der Waals surface area (Å²) in [5, 5.41) is 0. The Morgan fingerprint density at radius 1 is 0.952 bits per heavy atom. The number of unbranched alkanes of at least 4 members (excludes halogenated alkanes) is 3. The van der Waals surface area contributed by atoms with Gasteiger partial charge in [0.25, 0.3) is 0 Å². The number of hydrogen-bond acceptors (Lipinski definition) is 0. The summed E-state index contributed by atoms with van der Waals surface area (Å²) in [6.45, 7) is 22.2. The van der Waals surface area contributed by atoms with Gasteiger partial charge in [-0.25, -0.2) is 0 Å². The summed E-state index contributed by atoms with van der Waals surface area (Å²) in [6.07, 6.45) is 5.65. The van der Waals surface area contributed by atoms with Crippen molar-refractivity contribution in [3.05, 3.63) is 6.54 Å². The smallest absolute Gasteiger partial charge is 0.0815 e. The molecule has 1 aliphatic heterocycles. The third kappa shape index (κ3) is 5.56. The van der Waals surface area contributed by atoms with Gasteiger partial charge in [0, 0.05) is 11.8 Å². The number of likely N-dealkylation sites (tertiary alicyclic amines) is 1. The topological polar surface area (TPSA) is 0 Å². The average Bonchev–Trinajstić information content (AvgIpc) is 2.72. The zero-order valence-electron chi connectivity index (χ0n) is 15.7. The lowest BCUT2D eigenvalue weighted by molar-refractivity contribution is -0.900. The maximum atomic E-state index is 2.47. The van der Waals surface area contributed by atoms with Crippen molar-refractivity contribution in [2.45, 2.75) is 60.3 Å². The van der Waals surface area contributed by atoms with Crippen LogP contribution in [0.25, 0.3) is 0 Å². The van der Waals surface area contributed by atoms with Gasteiger partial charge in [0.15, 0.2) is 0 Å². The van der Waals surface area contributed by atoms with Crippen LogP contribution < -0.4 is 0 Å². The Morgan fingerprint density at radius 2 is 1.48 bits per heavy atom. The molecule has 2 heteroatoms. The van der Waals surface area contributed by atoms with Crippen molar-refractivity contribution in [3.8, 4) is 0 Å². The van der Waals surface area contributed by atoms with Gasteiger partial charge in [-0.1, -0.05) is 13.8 Å². The van der Waals surface area contributed by atoms with Crippen molar-refractivity contribution in [2.24, 2.45) is 11.8 Å². The van der Waals surface area contributed by atoms with E-state index < -0.39 is 0 Å². The molecule has 2 nitrogen and oxygen atoms in total. The largest absolute Gasteiger partial charge is 0.455 e. The Morgan fingerprint density at radius 3 is 1.95 bits per heavy atom. The number of rotatable bonds is 10. The van der Waals surface area contributed by atoms with Crippen LogP contribution in [0.5, 0.6) is 0 Å². The molecule has 1 aliphatic rings. The molecule has 0 aromatic heterocycles. The molecule has 126 valence electrons. The first-order valence-electron chi connectivity index (χ1n) is 9.40. The summed E-state index contributed by atoms with van der Waals surface area (Å²) in [5.74, 6) is 1.84. The van der Waals surface area contributed by atoms with Crippen LogP contribution in [0.15, 0.2) is 0 Å². The Hall–Kier alpha value is -0.0800. The van der Waals surface area contributed by atoms with Gasteiger partial charge in [-0.05, 0) is 39.5 Å². The molecule has 0 spiro atoms. The van der Waals surface area contributed by atoms with Gasteiger partial charge >= 0.3 is 0 Å². The van der Waals surface area contributed by atoms with E-state index in [1.54, 1.807) is 0 Å². The molecule has 1 heterocycles. The van der Waals surface area contributed by atoms with E-state index in [0.29, 0.717) is 0 Å². The summed E-state index contributed by atoms with van der Waals surface area (Å²) in [6, 6.07) is 0. The molecular weight excluding hydrogens is 256 g/mol. The van der Waals surface area contributed by atoms with Crippen molar-refractivity contribution in [1.29, 1.82) is 0 Å².